The van der Waals surface area contributed by atoms with Crippen molar-refractivity contribution >= 4 is 23.2 Å². The molecule has 1 amide bonds. The van der Waals surface area contributed by atoms with Crippen molar-refractivity contribution < 1.29 is 9.32 Å². The lowest BCUT2D eigenvalue weighted by Gasteiger charge is -2.33. The minimum absolute atomic E-state index is 0.0417. The Morgan fingerprint density at radius 2 is 1.92 bits per heavy atom. The van der Waals surface area contributed by atoms with E-state index in [1.165, 1.54) is 18.5 Å². The number of carbonyl (C=O) groups excluding carboxylic acids is 1. The van der Waals surface area contributed by atoms with Crippen molar-refractivity contribution in [2.75, 3.05) is 31.1 Å². The van der Waals surface area contributed by atoms with Crippen molar-refractivity contribution in [3.8, 4) is 11.4 Å². The number of nitrogens with one attached hydrogen (secondary N) is 1. The highest BCUT2D eigenvalue weighted by Crippen LogP contribution is 2.24. The first-order valence-corrected chi connectivity index (χ1v) is 13.3. The van der Waals surface area contributed by atoms with Crippen LogP contribution >= 0.6 is 11.6 Å². The number of amides is 1. The van der Waals surface area contributed by atoms with Crippen molar-refractivity contribution in [2.45, 2.75) is 45.7 Å². The molecule has 0 aliphatic carbocycles. The summed E-state index contributed by atoms with van der Waals surface area (Å²) in [4.78, 5) is 22.0. The van der Waals surface area contributed by atoms with Gasteiger partial charge in [-0.2, -0.15) is 4.98 Å². The normalized spacial score (nSPS) is 19.4. The fourth-order valence-electron chi connectivity index (χ4n) is 5.19. The zero-order chi connectivity index (χ0) is 24.9. The first kappa shape index (κ1) is 24.8. The van der Waals surface area contributed by atoms with Gasteiger partial charge < -0.3 is 14.7 Å². The van der Waals surface area contributed by atoms with Crippen LogP contribution in [-0.2, 0) is 17.9 Å². The molecule has 3 aromatic rings. The predicted molar refractivity (Wildman–Crippen MR) is 142 cm³/mol. The topological polar surface area (TPSA) is 74.5 Å². The van der Waals surface area contributed by atoms with Crippen LogP contribution < -0.4 is 10.2 Å². The molecule has 0 saturated carbocycles. The van der Waals surface area contributed by atoms with E-state index < -0.39 is 0 Å². The molecule has 8 heteroatoms. The summed E-state index contributed by atoms with van der Waals surface area (Å²) in [6.07, 6.45) is 4.23. The number of hydrogen-bond acceptors (Lipinski definition) is 6. The molecule has 2 saturated heterocycles. The molecule has 1 atom stereocenters. The molecule has 190 valence electrons. The highest BCUT2D eigenvalue weighted by Gasteiger charge is 2.26. The number of carbonyl (C=O) groups is 1. The number of aromatic nitrogens is 2. The summed E-state index contributed by atoms with van der Waals surface area (Å²) < 4.78 is 5.45. The van der Waals surface area contributed by atoms with E-state index >= 15 is 0 Å². The van der Waals surface area contributed by atoms with Crippen LogP contribution in [0.3, 0.4) is 0 Å². The Hall–Kier alpha value is -2.90. The molecule has 0 bridgehead atoms. The second kappa shape index (κ2) is 11.4. The van der Waals surface area contributed by atoms with Gasteiger partial charge >= 0.3 is 0 Å². The number of hydrogen-bond donors (Lipinski definition) is 1. The summed E-state index contributed by atoms with van der Waals surface area (Å²) in [5.41, 5.74) is 3.26. The van der Waals surface area contributed by atoms with Crippen LogP contribution in [0.1, 0.15) is 44.1 Å². The van der Waals surface area contributed by atoms with Crippen LogP contribution in [0.4, 0.5) is 5.69 Å². The van der Waals surface area contributed by atoms with E-state index in [4.69, 9.17) is 16.1 Å². The standard InChI is InChI=1S/C28H34ClN5O2/c1-20-4-3-13-34(18-20)25-9-7-21(8-10-25)17-30-28(35)22-11-14-33(15-12-22)19-26-31-27(32-36-26)23-5-2-6-24(29)16-23/h2,5-10,16,20,22H,3-4,11-15,17-19H2,1H3,(H,30,35). The molecule has 36 heavy (non-hydrogen) atoms. The number of halogens is 1. The summed E-state index contributed by atoms with van der Waals surface area (Å²) in [5, 5.41) is 7.87. The Morgan fingerprint density at radius 3 is 2.67 bits per heavy atom. The Balaban J connectivity index is 1.06. The van der Waals surface area contributed by atoms with Gasteiger partial charge in [0.05, 0.1) is 6.54 Å². The van der Waals surface area contributed by atoms with Gasteiger partial charge in [-0.05, 0) is 74.5 Å². The molecule has 0 radical (unpaired) electrons. The number of nitrogens with zero attached hydrogens (tertiary/aromatic N) is 4. The third-order valence-corrected chi connectivity index (χ3v) is 7.53. The van der Waals surface area contributed by atoms with Gasteiger partial charge in [0.1, 0.15) is 0 Å². The lowest BCUT2D eigenvalue weighted by Crippen LogP contribution is -2.40. The van der Waals surface area contributed by atoms with Crippen LogP contribution in [0, 0.1) is 11.8 Å². The van der Waals surface area contributed by atoms with Gasteiger partial charge in [-0.15, -0.1) is 0 Å². The second-order valence-electron chi connectivity index (χ2n) is 10.2. The van der Waals surface area contributed by atoms with Gasteiger partial charge in [-0.1, -0.05) is 47.9 Å². The predicted octanol–water partition coefficient (Wildman–Crippen LogP) is 5.15. The van der Waals surface area contributed by atoms with Crippen molar-refractivity contribution in [1.82, 2.24) is 20.4 Å². The van der Waals surface area contributed by atoms with Crippen LogP contribution in [0.2, 0.25) is 5.02 Å². The number of benzene rings is 2. The van der Waals surface area contributed by atoms with E-state index in [0.29, 0.717) is 29.8 Å². The maximum Gasteiger partial charge on any atom is 0.241 e. The molecule has 1 unspecified atom stereocenters. The Kier molecular flexibility index (Phi) is 7.87. The molecule has 1 N–H and O–H groups in total. The van der Waals surface area contributed by atoms with E-state index in [-0.39, 0.29) is 11.8 Å². The van der Waals surface area contributed by atoms with Crippen LogP contribution in [0.15, 0.2) is 53.1 Å². The van der Waals surface area contributed by atoms with Crippen molar-refractivity contribution in [2.24, 2.45) is 11.8 Å². The summed E-state index contributed by atoms with van der Waals surface area (Å²) >= 11 is 6.06. The average molecular weight is 508 g/mol. The molecule has 2 aliphatic rings. The molecular weight excluding hydrogens is 474 g/mol. The average Bonchev–Trinajstić information content (AvgIpc) is 3.36. The van der Waals surface area contributed by atoms with Gasteiger partial charge in [0.2, 0.25) is 17.6 Å². The largest absolute Gasteiger partial charge is 0.371 e. The monoisotopic (exact) mass is 507 g/mol. The highest BCUT2D eigenvalue weighted by molar-refractivity contribution is 6.30. The smallest absolute Gasteiger partial charge is 0.241 e. The second-order valence-corrected chi connectivity index (χ2v) is 10.6. The van der Waals surface area contributed by atoms with E-state index in [0.717, 1.165) is 56.1 Å². The maximum absolute atomic E-state index is 12.8. The summed E-state index contributed by atoms with van der Waals surface area (Å²) in [6, 6.07) is 16.1. The van der Waals surface area contributed by atoms with Crippen molar-refractivity contribution in [3.63, 3.8) is 0 Å². The zero-order valence-electron chi connectivity index (χ0n) is 20.8. The molecule has 2 fully saturated rings. The number of piperidine rings is 2. The summed E-state index contributed by atoms with van der Waals surface area (Å²) in [5.74, 6) is 2.06. The molecule has 2 aromatic carbocycles. The quantitative estimate of drug-likeness (QED) is 0.476. The van der Waals surface area contributed by atoms with Crippen LogP contribution in [-0.4, -0.2) is 47.1 Å². The van der Waals surface area contributed by atoms with Crippen molar-refractivity contribution in [1.29, 1.82) is 0 Å². The van der Waals surface area contributed by atoms with Gasteiger partial charge in [-0.3, -0.25) is 9.69 Å². The minimum Gasteiger partial charge on any atom is -0.371 e. The third-order valence-electron chi connectivity index (χ3n) is 7.29. The molecule has 2 aliphatic heterocycles. The van der Waals surface area contributed by atoms with E-state index in [2.05, 4.69) is 56.4 Å². The Labute approximate surface area is 217 Å². The first-order chi connectivity index (χ1) is 17.5. The lowest BCUT2D eigenvalue weighted by atomic mass is 9.96. The Morgan fingerprint density at radius 1 is 1.11 bits per heavy atom. The first-order valence-electron chi connectivity index (χ1n) is 13.0. The number of anilines is 1. The molecular formula is C28H34ClN5O2. The van der Waals surface area contributed by atoms with E-state index in [9.17, 15) is 4.79 Å². The van der Waals surface area contributed by atoms with Crippen LogP contribution in [0.25, 0.3) is 11.4 Å². The molecule has 5 rings (SSSR count). The highest BCUT2D eigenvalue weighted by atomic mass is 35.5. The number of rotatable bonds is 7. The van der Waals surface area contributed by atoms with Gasteiger partial charge in [0.25, 0.3) is 0 Å². The number of likely N-dealkylation sites (tertiary alicyclic amines) is 1. The molecule has 7 nitrogen and oxygen atoms in total. The lowest BCUT2D eigenvalue weighted by molar-refractivity contribution is -0.126. The maximum atomic E-state index is 12.8. The van der Waals surface area contributed by atoms with Crippen LogP contribution in [0.5, 0.6) is 0 Å². The Bertz CT molecular complexity index is 1160. The fourth-order valence-corrected chi connectivity index (χ4v) is 5.38. The summed E-state index contributed by atoms with van der Waals surface area (Å²) in [7, 11) is 0. The summed E-state index contributed by atoms with van der Waals surface area (Å²) in [6.45, 7) is 7.41. The third kappa shape index (κ3) is 6.26. The van der Waals surface area contributed by atoms with Crippen molar-refractivity contribution in [3.05, 3.63) is 65.0 Å². The minimum atomic E-state index is 0.0417. The van der Waals surface area contributed by atoms with E-state index in [1.54, 1.807) is 0 Å². The fraction of sp³-hybridized carbons (Fsp3) is 0.464. The molecule has 0 spiro atoms. The molecule has 1 aromatic heterocycles. The van der Waals surface area contributed by atoms with Gasteiger partial charge in [0.15, 0.2) is 0 Å². The van der Waals surface area contributed by atoms with Gasteiger partial charge in [0, 0.05) is 41.8 Å². The van der Waals surface area contributed by atoms with Gasteiger partial charge in [-0.25, -0.2) is 0 Å². The SMILES string of the molecule is CC1CCCN(c2ccc(CNC(=O)C3CCN(Cc4nc(-c5cccc(Cl)c5)no4)CC3)cc2)C1. The zero-order valence-corrected chi connectivity index (χ0v) is 21.6. The molecule has 3 heterocycles. The van der Waals surface area contributed by atoms with E-state index in [1.807, 2.05) is 24.3 Å².